The Balaban J connectivity index is 0.00000560. The molecule has 0 saturated carbocycles. The van der Waals surface area contributed by atoms with Gasteiger partial charge in [-0.05, 0) is 48.8 Å². The fourth-order valence-corrected chi connectivity index (χ4v) is 4.01. The van der Waals surface area contributed by atoms with Crippen LogP contribution in [0, 0.1) is 0 Å². The van der Waals surface area contributed by atoms with E-state index < -0.39 is 30.1 Å². The molecule has 0 spiro atoms. The van der Waals surface area contributed by atoms with Gasteiger partial charge in [-0.1, -0.05) is 91.0 Å². The number of halogens is 1. The predicted octanol–water partition coefficient (Wildman–Crippen LogP) is 5.29. The van der Waals surface area contributed by atoms with Gasteiger partial charge in [0.15, 0.2) is 0 Å². The van der Waals surface area contributed by atoms with Crippen molar-refractivity contribution >= 4 is 30.4 Å². The van der Waals surface area contributed by atoms with Crippen LogP contribution in [0.1, 0.15) is 42.4 Å². The number of rotatable bonds is 16. The Morgan fingerprint density at radius 1 is 0.675 bits per heavy atom. The largest absolute Gasteiger partial charge is 0.480 e. The van der Waals surface area contributed by atoms with Crippen LogP contribution in [0.3, 0.4) is 0 Å². The number of amides is 1. The molecule has 0 heterocycles. The highest BCUT2D eigenvalue weighted by Crippen LogP contribution is 2.11. The van der Waals surface area contributed by atoms with Gasteiger partial charge in [0.05, 0.1) is 0 Å². The van der Waals surface area contributed by atoms with Gasteiger partial charge in [-0.25, -0.2) is 4.79 Å². The Hall–Kier alpha value is -3.88. The Bertz CT molecular complexity index is 1150. The number of aliphatic carboxylic acids is 1. The Morgan fingerprint density at radius 3 is 1.75 bits per heavy atom. The number of alkyl carbamates (subject to hydrolysis) is 1. The molecule has 0 fully saturated rings. The molecule has 3 N–H and O–H groups in total. The lowest BCUT2D eigenvalue weighted by atomic mass is 10.0. The van der Waals surface area contributed by atoms with E-state index in [4.69, 9.17) is 9.47 Å². The summed E-state index contributed by atoms with van der Waals surface area (Å²) in [7, 11) is 0. The summed E-state index contributed by atoms with van der Waals surface area (Å²) in [6.07, 6.45) is 1.88. The van der Waals surface area contributed by atoms with E-state index in [0.717, 1.165) is 16.7 Å². The summed E-state index contributed by atoms with van der Waals surface area (Å²) in [5.74, 6) is -1.52. The lowest BCUT2D eigenvalue weighted by molar-refractivity contribution is -0.149. The number of nitrogens with one attached hydrogen (secondary N) is 2. The van der Waals surface area contributed by atoms with Crippen molar-refractivity contribution in [3.8, 4) is 0 Å². The maximum absolute atomic E-state index is 13.0. The van der Waals surface area contributed by atoms with E-state index in [-0.39, 0.29) is 25.6 Å². The molecule has 2 atom stereocenters. The smallest absolute Gasteiger partial charge is 0.407 e. The zero-order valence-corrected chi connectivity index (χ0v) is 23.2. The molecule has 40 heavy (non-hydrogen) atoms. The lowest BCUT2D eigenvalue weighted by Crippen LogP contribution is -2.48. The highest BCUT2D eigenvalue weighted by molar-refractivity contribution is 5.85. The highest BCUT2D eigenvalue weighted by Gasteiger charge is 2.27. The molecule has 0 aromatic heterocycles. The van der Waals surface area contributed by atoms with Crippen molar-refractivity contribution in [2.45, 2.75) is 57.4 Å². The Labute approximate surface area is 241 Å². The fraction of sp³-hybridized carbons (Fsp3) is 0.323. The molecule has 3 aromatic carbocycles. The van der Waals surface area contributed by atoms with Gasteiger partial charge >= 0.3 is 18.0 Å². The van der Waals surface area contributed by atoms with Crippen LogP contribution < -0.4 is 10.6 Å². The minimum Gasteiger partial charge on any atom is -0.480 e. The van der Waals surface area contributed by atoms with E-state index in [2.05, 4.69) is 10.6 Å². The normalized spacial score (nSPS) is 11.9. The molecular weight excluding hydrogens is 532 g/mol. The van der Waals surface area contributed by atoms with Gasteiger partial charge < -0.3 is 19.9 Å². The summed E-state index contributed by atoms with van der Waals surface area (Å²) in [5, 5.41) is 15.5. The van der Waals surface area contributed by atoms with Crippen LogP contribution in [0.4, 0.5) is 4.79 Å². The van der Waals surface area contributed by atoms with Crippen molar-refractivity contribution in [2.75, 3.05) is 6.54 Å². The molecule has 9 heteroatoms. The standard InChI is InChI=1S/C31H36N2O6.ClH/c34-29(35)27(18-10-11-21-32-31(37)39-23-26-16-8-3-9-17-26)33-28(20-19-24-12-4-1-5-13-24)30(36)38-22-25-14-6-2-7-15-25;/h1-9,12-17,27-28,33H,10-11,18-23H2,(H,32,37)(H,34,35);1H/t27-,28-;/m0./s1. The maximum atomic E-state index is 13.0. The first-order chi connectivity index (χ1) is 19.0. The Morgan fingerprint density at radius 2 is 1.20 bits per heavy atom. The van der Waals surface area contributed by atoms with E-state index in [1.165, 1.54) is 0 Å². The van der Waals surface area contributed by atoms with Crippen molar-refractivity contribution in [3.05, 3.63) is 108 Å². The Kier molecular flexibility index (Phi) is 14.9. The van der Waals surface area contributed by atoms with Gasteiger partial charge in [0.25, 0.3) is 0 Å². The van der Waals surface area contributed by atoms with Gasteiger partial charge in [-0.15, -0.1) is 12.4 Å². The van der Waals surface area contributed by atoms with Crippen LogP contribution in [-0.2, 0) is 38.7 Å². The molecular formula is C31H37ClN2O6. The monoisotopic (exact) mass is 568 g/mol. The number of carbonyl (C=O) groups is 3. The number of hydrogen-bond donors (Lipinski definition) is 3. The molecule has 0 saturated heterocycles. The van der Waals surface area contributed by atoms with E-state index in [0.29, 0.717) is 38.6 Å². The minimum atomic E-state index is -1.04. The van der Waals surface area contributed by atoms with E-state index in [1.54, 1.807) is 0 Å². The molecule has 8 nitrogen and oxygen atoms in total. The van der Waals surface area contributed by atoms with Crippen molar-refractivity contribution < 1.29 is 29.0 Å². The van der Waals surface area contributed by atoms with Crippen molar-refractivity contribution in [1.82, 2.24) is 10.6 Å². The molecule has 1 amide bonds. The van der Waals surface area contributed by atoms with Crippen LogP contribution >= 0.6 is 12.4 Å². The minimum absolute atomic E-state index is 0. The number of hydrogen-bond acceptors (Lipinski definition) is 6. The number of aryl methyl sites for hydroxylation is 1. The summed E-state index contributed by atoms with van der Waals surface area (Å²) in [4.78, 5) is 36.9. The molecule has 3 rings (SSSR count). The SMILES string of the molecule is Cl.O=C(NCCCC[C@H](N[C@@H](CCc1ccccc1)C(=O)OCc1ccccc1)C(=O)O)OCc1ccccc1. The zero-order valence-electron chi connectivity index (χ0n) is 22.4. The number of unbranched alkanes of at least 4 members (excludes halogenated alkanes) is 1. The van der Waals surface area contributed by atoms with Gasteiger partial charge in [0.1, 0.15) is 25.3 Å². The number of carboxylic acid groups (broad SMARTS) is 1. The van der Waals surface area contributed by atoms with Crippen molar-refractivity contribution in [3.63, 3.8) is 0 Å². The zero-order chi connectivity index (χ0) is 27.7. The molecule has 0 unspecified atom stereocenters. The first-order valence-electron chi connectivity index (χ1n) is 13.2. The van der Waals surface area contributed by atoms with Gasteiger partial charge in [-0.3, -0.25) is 14.9 Å². The third kappa shape index (κ3) is 12.3. The second-order valence-corrected chi connectivity index (χ2v) is 9.21. The summed E-state index contributed by atoms with van der Waals surface area (Å²) in [6, 6.07) is 26.7. The quantitative estimate of drug-likeness (QED) is 0.159. The third-order valence-corrected chi connectivity index (χ3v) is 6.18. The second-order valence-electron chi connectivity index (χ2n) is 9.21. The number of esters is 1. The summed E-state index contributed by atoms with van der Waals surface area (Å²) in [5.41, 5.74) is 2.81. The lowest BCUT2D eigenvalue weighted by Gasteiger charge is -2.22. The van der Waals surface area contributed by atoms with E-state index in [1.807, 2.05) is 91.0 Å². The second kappa shape index (κ2) is 18.4. The fourth-order valence-electron chi connectivity index (χ4n) is 4.01. The number of carboxylic acids is 1. The molecule has 0 aliphatic rings. The van der Waals surface area contributed by atoms with E-state index in [9.17, 15) is 19.5 Å². The first-order valence-corrected chi connectivity index (χ1v) is 13.2. The average molecular weight is 569 g/mol. The van der Waals surface area contributed by atoms with Crippen molar-refractivity contribution in [2.24, 2.45) is 0 Å². The van der Waals surface area contributed by atoms with Crippen LogP contribution in [0.2, 0.25) is 0 Å². The van der Waals surface area contributed by atoms with Gasteiger partial charge in [-0.2, -0.15) is 0 Å². The summed E-state index contributed by atoms with van der Waals surface area (Å²) in [6.45, 7) is 0.659. The average Bonchev–Trinajstić information content (AvgIpc) is 2.97. The molecule has 0 bridgehead atoms. The van der Waals surface area contributed by atoms with Crippen LogP contribution in [0.25, 0.3) is 0 Å². The summed E-state index contributed by atoms with van der Waals surface area (Å²) < 4.78 is 10.7. The van der Waals surface area contributed by atoms with Crippen LogP contribution in [0.15, 0.2) is 91.0 Å². The molecule has 214 valence electrons. The topological polar surface area (TPSA) is 114 Å². The maximum Gasteiger partial charge on any atom is 0.407 e. The van der Waals surface area contributed by atoms with Crippen LogP contribution in [0.5, 0.6) is 0 Å². The van der Waals surface area contributed by atoms with Crippen LogP contribution in [-0.4, -0.2) is 41.8 Å². The number of ether oxygens (including phenoxy) is 2. The van der Waals surface area contributed by atoms with Gasteiger partial charge in [0, 0.05) is 6.54 Å². The molecule has 3 aromatic rings. The summed E-state index contributed by atoms with van der Waals surface area (Å²) >= 11 is 0. The molecule has 0 radical (unpaired) electrons. The number of benzene rings is 3. The first kappa shape index (κ1) is 32.3. The third-order valence-electron chi connectivity index (χ3n) is 6.18. The van der Waals surface area contributed by atoms with E-state index >= 15 is 0 Å². The highest BCUT2D eigenvalue weighted by atomic mass is 35.5. The van der Waals surface area contributed by atoms with Crippen molar-refractivity contribution in [1.29, 1.82) is 0 Å². The molecule has 0 aliphatic carbocycles. The predicted molar refractivity (Wildman–Crippen MR) is 155 cm³/mol. The van der Waals surface area contributed by atoms with Gasteiger partial charge in [0.2, 0.25) is 0 Å². The molecule has 0 aliphatic heterocycles. The number of carbonyl (C=O) groups excluding carboxylic acids is 2.